The quantitative estimate of drug-likeness (QED) is 0.493. The van der Waals surface area contributed by atoms with Gasteiger partial charge in [0.25, 0.3) is 0 Å². The van der Waals surface area contributed by atoms with Gasteiger partial charge in [-0.3, -0.25) is 4.90 Å². The van der Waals surface area contributed by atoms with E-state index in [-0.39, 0.29) is 0 Å². The molecule has 0 bridgehead atoms. The van der Waals surface area contributed by atoms with Crippen LogP contribution in [0.2, 0.25) is 0 Å². The number of aryl methyl sites for hydroxylation is 1. The second-order valence-electron chi connectivity index (χ2n) is 9.43. The molecule has 5 nitrogen and oxygen atoms in total. The van der Waals surface area contributed by atoms with Crippen LogP contribution in [0, 0.1) is 6.92 Å². The van der Waals surface area contributed by atoms with Gasteiger partial charge in [0.15, 0.2) is 0 Å². The lowest BCUT2D eigenvalue weighted by Gasteiger charge is -2.33. The van der Waals surface area contributed by atoms with Gasteiger partial charge in [0.05, 0.1) is 6.26 Å². The Labute approximate surface area is 208 Å². The van der Waals surface area contributed by atoms with Gasteiger partial charge in [-0.2, -0.15) is 4.31 Å². The standard InChI is InChI=1S/C29H32N2O3S/c1-22-8-10-23(11-9-22)27-20-25-12-13-26(21-28(25)29(27)24-6-4-3-5-7-24)34-19-18-30-14-16-31(17-15-30)35(2,32)33/h3-13,21H,14-20H2,1-2H3. The number of rotatable bonds is 7. The van der Waals surface area contributed by atoms with Crippen LogP contribution in [-0.4, -0.2) is 63.2 Å². The molecule has 2 aliphatic rings. The SMILES string of the molecule is Cc1ccc(C2=C(c3ccccc3)c3cc(OCCN4CCN(S(C)(=O)=O)CC4)ccc3C2)cc1. The van der Waals surface area contributed by atoms with Crippen molar-refractivity contribution in [2.45, 2.75) is 13.3 Å². The van der Waals surface area contributed by atoms with Gasteiger partial charge in [0.2, 0.25) is 10.0 Å². The lowest BCUT2D eigenvalue weighted by molar-refractivity contribution is 0.159. The van der Waals surface area contributed by atoms with Crippen molar-refractivity contribution in [2.24, 2.45) is 0 Å². The highest BCUT2D eigenvalue weighted by molar-refractivity contribution is 7.88. The topological polar surface area (TPSA) is 49.9 Å². The van der Waals surface area contributed by atoms with E-state index in [0.717, 1.165) is 31.8 Å². The number of piperazine rings is 1. The minimum Gasteiger partial charge on any atom is -0.492 e. The molecule has 1 saturated heterocycles. The zero-order valence-electron chi connectivity index (χ0n) is 20.4. The third-order valence-corrected chi connectivity index (χ3v) is 8.26. The molecular weight excluding hydrogens is 456 g/mol. The van der Waals surface area contributed by atoms with Gasteiger partial charge < -0.3 is 4.74 Å². The molecule has 0 atom stereocenters. The molecule has 0 N–H and O–H groups in total. The molecule has 3 aromatic rings. The molecule has 35 heavy (non-hydrogen) atoms. The van der Waals surface area contributed by atoms with Crippen LogP contribution >= 0.6 is 0 Å². The molecule has 1 aliphatic heterocycles. The fourth-order valence-electron chi connectivity index (χ4n) is 4.99. The zero-order chi connectivity index (χ0) is 24.4. The number of allylic oxidation sites excluding steroid dienone is 1. The molecule has 6 heteroatoms. The highest BCUT2D eigenvalue weighted by Gasteiger charge is 2.25. The third-order valence-electron chi connectivity index (χ3n) is 6.96. The maximum atomic E-state index is 11.7. The minimum absolute atomic E-state index is 0.546. The van der Waals surface area contributed by atoms with Crippen molar-refractivity contribution in [2.75, 3.05) is 45.6 Å². The smallest absolute Gasteiger partial charge is 0.211 e. The van der Waals surface area contributed by atoms with E-state index in [1.807, 2.05) is 0 Å². The maximum absolute atomic E-state index is 11.7. The Morgan fingerprint density at radius 2 is 1.57 bits per heavy atom. The summed E-state index contributed by atoms with van der Waals surface area (Å²) in [7, 11) is -3.10. The van der Waals surface area contributed by atoms with Crippen molar-refractivity contribution < 1.29 is 13.2 Å². The Balaban J connectivity index is 1.33. The largest absolute Gasteiger partial charge is 0.492 e. The summed E-state index contributed by atoms with van der Waals surface area (Å²) in [6, 6.07) is 25.9. The molecule has 3 aromatic carbocycles. The van der Waals surface area contributed by atoms with E-state index < -0.39 is 10.0 Å². The predicted octanol–water partition coefficient (Wildman–Crippen LogP) is 4.47. The van der Waals surface area contributed by atoms with Crippen molar-refractivity contribution in [1.82, 2.24) is 9.21 Å². The van der Waals surface area contributed by atoms with Crippen molar-refractivity contribution in [1.29, 1.82) is 0 Å². The molecule has 1 heterocycles. The third kappa shape index (κ3) is 5.35. The lowest BCUT2D eigenvalue weighted by Crippen LogP contribution is -2.49. The Hall–Kier alpha value is -2.93. The summed E-state index contributed by atoms with van der Waals surface area (Å²) < 4.78 is 31.2. The summed E-state index contributed by atoms with van der Waals surface area (Å²) in [5, 5.41) is 0. The van der Waals surface area contributed by atoms with Gasteiger partial charge in [-0.1, -0.05) is 66.2 Å². The van der Waals surface area contributed by atoms with E-state index in [2.05, 4.69) is 84.6 Å². The second kappa shape index (κ2) is 9.97. The molecule has 1 aliphatic carbocycles. The van der Waals surface area contributed by atoms with E-state index in [1.54, 1.807) is 4.31 Å². The maximum Gasteiger partial charge on any atom is 0.211 e. The molecule has 0 aromatic heterocycles. The van der Waals surface area contributed by atoms with Crippen molar-refractivity contribution in [3.05, 3.63) is 101 Å². The normalized spacial score (nSPS) is 17.0. The van der Waals surface area contributed by atoms with E-state index in [4.69, 9.17) is 4.74 Å². The first-order chi connectivity index (χ1) is 16.9. The van der Waals surface area contributed by atoms with E-state index >= 15 is 0 Å². The molecule has 5 rings (SSSR count). The molecule has 0 unspecified atom stereocenters. The van der Waals surface area contributed by atoms with Gasteiger partial charge in [0.1, 0.15) is 12.4 Å². The average molecular weight is 489 g/mol. The van der Waals surface area contributed by atoms with Gasteiger partial charge in [0, 0.05) is 32.7 Å². The second-order valence-corrected chi connectivity index (χ2v) is 11.4. The van der Waals surface area contributed by atoms with Crippen LogP contribution in [0.4, 0.5) is 0 Å². The number of benzene rings is 3. The van der Waals surface area contributed by atoms with Crippen LogP contribution in [0.1, 0.15) is 27.8 Å². The molecule has 0 amide bonds. The van der Waals surface area contributed by atoms with Crippen LogP contribution in [0.15, 0.2) is 72.8 Å². The molecule has 1 fully saturated rings. The number of nitrogens with zero attached hydrogens (tertiary/aromatic N) is 2. The highest BCUT2D eigenvalue weighted by Crippen LogP contribution is 2.43. The minimum atomic E-state index is -3.10. The summed E-state index contributed by atoms with van der Waals surface area (Å²) >= 11 is 0. The van der Waals surface area contributed by atoms with Crippen LogP contribution in [-0.2, 0) is 16.4 Å². The van der Waals surface area contributed by atoms with Crippen molar-refractivity contribution >= 4 is 21.2 Å². The zero-order valence-corrected chi connectivity index (χ0v) is 21.2. The van der Waals surface area contributed by atoms with E-state index in [0.29, 0.717) is 19.7 Å². The fourth-order valence-corrected chi connectivity index (χ4v) is 5.81. The number of hydrogen-bond acceptors (Lipinski definition) is 4. The van der Waals surface area contributed by atoms with Gasteiger partial charge in [-0.25, -0.2) is 8.42 Å². The first kappa shape index (κ1) is 23.8. The average Bonchev–Trinajstić information content (AvgIpc) is 3.23. The number of hydrogen-bond donors (Lipinski definition) is 0. The van der Waals surface area contributed by atoms with Gasteiger partial charge in [-0.05, 0) is 58.9 Å². The summed E-state index contributed by atoms with van der Waals surface area (Å²) in [5.41, 5.74) is 8.96. The Bertz CT molecular complexity index is 1320. The van der Waals surface area contributed by atoms with Gasteiger partial charge in [-0.15, -0.1) is 0 Å². The van der Waals surface area contributed by atoms with E-state index in [1.165, 1.54) is 45.2 Å². The van der Waals surface area contributed by atoms with E-state index in [9.17, 15) is 8.42 Å². The van der Waals surface area contributed by atoms with Crippen molar-refractivity contribution in [3.8, 4) is 5.75 Å². The van der Waals surface area contributed by atoms with Gasteiger partial charge >= 0.3 is 0 Å². The summed E-state index contributed by atoms with van der Waals surface area (Å²) in [6.07, 6.45) is 2.19. The number of ether oxygens (including phenoxy) is 1. The molecule has 182 valence electrons. The van der Waals surface area contributed by atoms with Crippen LogP contribution < -0.4 is 4.74 Å². The Morgan fingerprint density at radius 3 is 2.26 bits per heavy atom. The number of fused-ring (bicyclic) bond motifs is 1. The molecule has 0 radical (unpaired) electrons. The Kier molecular flexibility index (Phi) is 6.78. The molecular formula is C29H32N2O3S. The summed E-state index contributed by atoms with van der Waals surface area (Å²) in [6.45, 7) is 6.05. The number of sulfonamides is 1. The lowest BCUT2D eigenvalue weighted by atomic mass is 9.94. The monoisotopic (exact) mass is 488 g/mol. The predicted molar refractivity (Wildman–Crippen MR) is 142 cm³/mol. The molecule has 0 spiro atoms. The first-order valence-electron chi connectivity index (χ1n) is 12.2. The Morgan fingerprint density at radius 1 is 0.857 bits per heavy atom. The summed E-state index contributed by atoms with van der Waals surface area (Å²) in [4.78, 5) is 2.26. The first-order valence-corrected chi connectivity index (χ1v) is 14.0. The van der Waals surface area contributed by atoms with Crippen LogP contribution in [0.5, 0.6) is 5.75 Å². The molecule has 0 saturated carbocycles. The van der Waals surface area contributed by atoms with Crippen molar-refractivity contribution in [3.63, 3.8) is 0 Å². The van der Waals surface area contributed by atoms with Crippen LogP contribution in [0.25, 0.3) is 11.1 Å². The summed E-state index contributed by atoms with van der Waals surface area (Å²) in [5.74, 6) is 0.872. The fraction of sp³-hybridized carbons (Fsp3) is 0.310. The highest BCUT2D eigenvalue weighted by atomic mass is 32.2. The van der Waals surface area contributed by atoms with Crippen LogP contribution in [0.3, 0.4) is 0 Å².